The van der Waals surface area contributed by atoms with Gasteiger partial charge >= 0.3 is 0 Å². The summed E-state index contributed by atoms with van der Waals surface area (Å²) in [5.41, 5.74) is 2.49. The predicted molar refractivity (Wildman–Crippen MR) is 65.7 cm³/mol. The van der Waals surface area contributed by atoms with Crippen LogP contribution in [-0.4, -0.2) is 15.0 Å². The van der Waals surface area contributed by atoms with Gasteiger partial charge in [-0.1, -0.05) is 11.6 Å². The van der Waals surface area contributed by atoms with Crippen molar-refractivity contribution in [3.05, 3.63) is 41.1 Å². The number of nitrogens with zero attached hydrogens (tertiary/aromatic N) is 3. The van der Waals surface area contributed by atoms with Gasteiger partial charge in [0.25, 0.3) is 0 Å². The van der Waals surface area contributed by atoms with Gasteiger partial charge in [-0.25, -0.2) is 4.98 Å². The molecular weight excluding hydrogens is 242 g/mol. The lowest BCUT2D eigenvalue weighted by molar-refractivity contribution is 1.25. The van der Waals surface area contributed by atoms with Crippen molar-refractivity contribution in [1.82, 2.24) is 15.0 Å². The molecule has 0 spiro atoms. The molecule has 0 N–H and O–H groups in total. The van der Waals surface area contributed by atoms with Gasteiger partial charge in [0.1, 0.15) is 5.52 Å². The summed E-state index contributed by atoms with van der Waals surface area (Å²) in [4.78, 5) is 13.8. The third-order valence-corrected chi connectivity index (χ3v) is 3.42. The minimum absolute atomic E-state index is 0.756. The second-order valence-electron chi connectivity index (χ2n) is 3.22. The van der Waals surface area contributed by atoms with Crippen LogP contribution in [0.15, 0.2) is 36.8 Å². The van der Waals surface area contributed by atoms with E-state index in [9.17, 15) is 0 Å². The van der Waals surface area contributed by atoms with E-state index in [1.807, 2.05) is 18.2 Å². The summed E-state index contributed by atoms with van der Waals surface area (Å²) in [7, 11) is 0. The summed E-state index contributed by atoms with van der Waals surface area (Å²) >= 11 is 7.39. The van der Waals surface area contributed by atoms with Crippen molar-refractivity contribution in [1.29, 1.82) is 0 Å². The van der Waals surface area contributed by atoms with Gasteiger partial charge in [0, 0.05) is 6.20 Å². The number of fused-ring (bicyclic) bond motifs is 1. The van der Waals surface area contributed by atoms with Crippen molar-refractivity contribution in [2.24, 2.45) is 0 Å². The molecule has 3 heterocycles. The molecule has 3 aromatic heterocycles. The van der Waals surface area contributed by atoms with Crippen molar-refractivity contribution in [2.75, 3.05) is 0 Å². The fourth-order valence-electron chi connectivity index (χ4n) is 1.43. The van der Waals surface area contributed by atoms with Crippen molar-refractivity contribution in [2.45, 2.75) is 0 Å². The number of rotatable bonds is 1. The monoisotopic (exact) mass is 247 g/mol. The predicted octanol–water partition coefficient (Wildman–Crippen LogP) is 3.41. The Morgan fingerprint density at radius 3 is 2.81 bits per heavy atom. The third kappa shape index (κ3) is 1.66. The van der Waals surface area contributed by atoms with E-state index >= 15 is 0 Å². The highest BCUT2D eigenvalue weighted by Gasteiger charge is 2.04. The molecule has 0 aliphatic rings. The summed E-state index contributed by atoms with van der Waals surface area (Å²) in [6.07, 6.45) is 5.15. The highest BCUT2D eigenvalue weighted by Crippen LogP contribution is 2.29. The first-order valence-corrected chi connectivity index (χ1v) is 5.85. The molecule has 5 heteroatoms. The molecule has 0 fully saturated rings. The van der Waals surface area contributed by atoms with Gasteiger partial charge in [-0.05, 0) is 18.2 Å². The Morgan fingerprint density at radius 1 is 1.06 bits per heavy atom. The topological polar surface area (TPSA) is 38.7 Å². The molecule has 0 saturated carbocycles. The van der Waals surface area contributed by atoms with Gasteiger partial charge in [-0.3, -0.25) is 9.97 Å². The minimum atomic E-state index is 0.756. The molecule has 3 rings (SSSR count). The highest BCUT2D eigenvalue weighted by molar-refractivity contribution is 7.19. The fraction of sp³-hybridized carbons (Fsp3) is 0. The van der Waals surface area contributed by atoms with Crippen LogP contribution in [0.3, 0.4) is 0 Å². The van der Waals surface area contributed by atoms with Crippen LogP contribution < -0.4 is 0 Å². The first-order chi connectivity index (χ1) is 7.83. The fourth-order valence-corrected chi connectivity index (χ4v) is 2.43. The van der Waals surface area contributed by atoms with Crippen LogP contribution in [-0.2, 0) is 0 Å². The number of hydrogen-bond donors (Lipinski definition) is 0. The number of hydrogen-bond acceptors (Lipinski definition) is 4. The van der Waals surface area contributed by atoms with Crippen LogP contribution in [0.1, 0.15) is 0 Å². The van der Waals surface area contributed by atoms with Crippen LogP contribution in [0.5, 0.6) is 0 Å². The van der Waals surface area contributed by atoms with Crippen LogP contribution in [0, 0.1) is 0 Å². The molecule has 0 amide bonds. The molecule has 0 atom stereocenters. The lowest BCUT2D eigenvalue weighted by Gasteiger charge is -1.98. The smallest absolute Gasteiger partial charge is 0.107 e. The number of thiophene rings is 1. The van der Waals surface area contributed by atoms with Crippen LogP contribution in [0.2, 0.25) is 4.34 Å². The van der Waals surface area contributed by atoms with E-state index in [1.54, 1.807) is 18.6 Å². The standard InChI is InChI=1S/C11H6ClN3S/c12-11-2-1-10(16-11)9-6-14-8-5-13-4-3-7(8)15-9/h1-6H. The average Bonchev–Trinajstić information content (AvgIpc) is 2.75. The summed E-state index contributed by atoms with van der Waals surface area (Å²) in [6, 6.07) is 5.66. The van der Waals surface area contributed by atoms with Gasteiger partial charge in [0.15, 0.2) is 0 Å². The molecule has 0 radical (unpaired) electrons. The Hall–Kier alpha value is -1.52. The van der Waals surface area contributed by atoms with E-state index in [0.717, 1.165) is 25.9 Å². The maximum Gasteiger partial charge on any atom is 0.107 e. The molecule has 0 unspecified atom stereocenters. The molecular formula is C11H6ClN3S. The van der Waals surface area contributed by atoms with E-state index in [4.69, 9.17) is 11.6 Å². The molecule has 0 aliphatic heterocycles. The number of halogens is 1. The van der Waals surface area contributed by atoms with E-state index in [2.05, 4.69) is 15.0 Å². The highest BCUT2D eigenvalue weighted by atomic mass is 35.5. The lowest BCUT2D eigenvalue weighted by Crippen LogP contribution is -1.87. The molecule has 3 nitrogen and oxygen atoms in total. The zero-order valence-corrected chi connectivity index (χ0v) is 9.66. The van der Waals surface area contributed by atoms with E-state index in [1.165, 1.54) is 11.3 Å². The molecule has 16 heavy (non-hydrogen) atoms. The van der Waals surface area contributed by atoms with Gasteiger partial charge < -0.3 is 0 Å². The van der Waals surface area contributed by atoms with Crippen molar-refractivity contribution >= 4 is 34.0 Å². The van der Waals surface area contributed by atoms with E-state index in [0.29, 0.717) is 0 Å². The zero-order chi connectivity index (χ0) is 11.0. The van der Waals surface area contributed by atoms with Crippen LogP contribution in [0.4, 0.5) is 0 Å². The maximum atomic E-state index is 5.89. The van der Waals surface area contributed by atoms with E-state index in [-0.39, 0.29) is 0 Å². The first-order valence-electron chi connectivity index (χ1n) is 4.65. The molecule has 0 aliphatic carbocycles. The number of aromatic nitrogens is 3. The van der Waals surface area contributed by atoms with Gasteiger partial charge in [0.2, 0.25) is 0 Å². The normalized spacial score (nSPS) is 10.8. The SMILES string of the molecule is Clc1ccc(-c2cnc3cnccc3n2)s1. The molecule has 0 saturated heterocycles. The second kappa shape index (κ2) is 3.81. The summed E-state index contributed by atoms with van der Waals surface area (Å²) in [6.45, 7) is 0. The molecule has 0 bridgehead atoms. The summed E-state index contributed by atoms with van der Waals surface area (Å²) in [5.74, 6) is 0. The second-order valence-corrected chi connectivity index (χ2v) is 4.94. The van der Waals surface area contributed by atoms with Crippen molar-refractivity contribution in [3.8, 4) is 10.6 Å². The summed E-state index contributed by atoms with van der Waals surface area (Å²) in [5, 5.41) is 0. The van der Waals surface area contributed by atoms with Crippen LogP contribution in [0.25, 0.3) is 21.6 Å². The largest absolute Gasteiger partial charge is 0.262 e. The van der Waals surface area contributed by atoms with Gasteiger partial charge in [-0.2, -0.15) is 0 Å². The summed E-state index contributed by atoms with van der Waals surface area (Å²) < 4.78 is 0.756. The molecule has 78 valence electrons. The average molecular weight is 248 g/mol. The maximum absolute atomic E-state index is 5.89. The van der Waals surface area contributed by atoms with Gasteiger partial charge in [-0.15, -0.1) is 11.3 Å². The van der Waals surface area contributed by atoms with Crippen molar-refractivity contribution < 1.29 is 0 Å². The van der Waals surface area contributed by atoms with Gasteiger partial charge in [0.05, 0.1) is 32.8 Å². The first kappa shape index (κ1) is 9.69. The Labute approximate surface area is 101 Å². The Bertz CT molecular complexity index is 650. The third-order valence-electron chi connectivity index (χ3n) is 2.17. The lowest BCUT2D eigenvalue weighted by atomic mass is 10.3. The van der Waals surface area contributed by atoms with Crippen molar-refractivity contribution in [3.63, 3.8) is 0 Å². The Balaban J connectivity index is 2.18. The quantitative estimate of drug-likeness (QED) is 0.662. The van der Waals surface area contributed by atoms with E-state index < -0.39 is 0 Å². The molecule has 3 aromatic rings. The molecule has 0 aromatic carbocycles. The Kier molecular flexibility index (Phi) is 2.31. The van der Waals surface area contributed by atoms with Crippen LogP contribution >= 0.6 is 22.9 Å². The number of pyridine rings is 1. The Morgan fingerprint density at radius 2 is 2.00 bits per heavy atom. The minimum Gasteiger partial charge on any atom is -0.262 e. The zero-order valence-electron chi connectivity index (χ0n) is 8.09.